The summed E-state index contributed by atoms with van der Waals surface area (Å²) in [6.45, 7) is 3.92. The third-order valence-corrected chi connectivity index (χ3v) is 3.24. The van der Waals surface area contributed by atoms with Gasteiger partial charge in [-0.15, -0.1) is 0 Å². The first kappa shape index (κ1) is 12.4. The van der Waals surface area contributed by atoms with E-state index >= 15 is 0 Å². The van der Waals surface area contributed by atoms with Crippen molar-refractivity contribution >= 4 is 0 Å². The lowest BCUT2D eigenvalue weighted by Crippen LogP contribution is -2.38. The summed E-state index contributed by atoms with van der Waals surface area (Å²) in [6.07, 6.45) is 2.36. The molecule has 1 saturated heterocycles. The minimum absolute atomic E-state index is 0.330. The van der Waals surface area contributed by atoms with Gasteiger partial charge in [0.1, 0.15) is 5.75 Å². The molecule has 1 aromatic rings. The first-order valence-corrected chi connectivity index (χ1v) is 6.27. The molecule has 1 N–H and O–H groups in total. The van der Waals surface area contributed by atoms with Crippen molar-refractivity contribution < 1.29 is 9.47 Å². The molecule has 1 heterocycles. The molecule has 3 heteroatoms. The van der Waals surface area contributed by atoms with Crippen molar-refractivity contribution in [1.29, 1.82) is 0 Å². The SMILES string of the molecule is COc1cccc([C@@H](C)NC2CCCOC2)c1. The molecule has 0 aromatic heterocycles. The number of ether oxygens (including phenoxy) is 2. The van der Waals surface area contributed by atoms with Crippen molar-refractivity contribution in [3.05, 3.63) is 29.8 Å². The normalized spacial score (nSPS) is 22.1. The Balaban J connectivity index is 1.95. The summed E-state index contributed by atoms with van der Waals surface area (Å²) in [7, 11) is 1.70. The number of hydrogen-bond donors (Lipinski definition) is 1. The van der Waals surface area contributed by atoms with Gasteiger partial charge < -0.3 is 14.8 Å². The highest BCUT2D eigenvalue weighted by atomic mass is 16.5. The van der Waals surface area contributed by atoms with Crippen LogP contribution in [0.3, 0.4) is 0 Å². The van der Waals surface area contributed by atoms with Gasteiger partial charge in [-0.2, -0.15) is 0 Å². The molecule has 1 aromatic carbocycles. The number of rotatable bonds is 4. The van der Waals surface area contributed by atoms with Gasteiger partial charge in [-0.25, -0.2) is 0 Å². The molecule has 0 radical (unpaired) electrons. The molecule has 94 valence electrons. The fourth-order valence-electron chi connectivity index (χ4n) is 2.23. The van der Waals surface area contributed by atoms with E-state index in [2.05, 4.69) is 24.4 Å². The van der Waals surface area contributed by atoms with Gasteiger partial charge in [0.25, 0.3) is 0 Å². The maximum atomic E-state index is 5.48. The molecule has 1 fully saturated rings. The van der Waals surface area contributed by atoms with Gasteiger partial charge in [0, 0.05) is 18.7 Å². The maximum absolute atomic E-state index is 5.48. The van der Waals surface area contributed by atoms with Crippen LogP contribution in [0.25, 0.3) is 0 Å². The van der Waals surface area contributed by atoms with E-state index < -0.39 is 0 Å². The molecule has 0 aliphatic carbocycles. The van der Waals surface area contributed by atoms with E-state index in [1.54, 1.807) is 7.11 Å². The summed E-state index contributed by atoms with van der Waals surface area (Å²) < 4.78 is 10.7. The van der Waals surface area contributed by atoms with Gasteiger partial charge in [0.15, 0.2) is 0 Å². The Kier molecular flexibility index (Phi) is 4.40. The summed E-state index contributed by atoms with van der Waals surface area (Å²) in [5, 5.41) is 3.61. The van der Waals surface area contributed by atoms with Gasteiger partial charge in [-0.1, -0.05) is 12.1 Å². The van der Waals surface area contributed by atoms with Crippen LogP contribution in [-0.4, -0.2) is 26.4 Å². The molecule has 0 bridgehead atoms. The molecule has 0 spiro atoms. The predicted octanol–water partition coefficient (Wildman–Crippen LogP) is 2.52. The fourth-order valence-corrected chi connectivity index (χ4v) is 2.23. The Hall–Kier alpha value is -1.06. The van der Waals surface area contributed by atoms with Crippen molar-refractivity contribution in [2.45, 2.75) is 31.8 Å². The van der Waals surface area contributed by atoms with Gasteiger partial charge in [-0.3, -0.25) is 0 Å². The smallest absolute Gasteiger partial charge is 0.119 e. The van der Waals surface area contributed by atoms with Crippen molar-refractivity contribution in [2.75, 3.05) is 20.3 Å². The molecule has 0 amide bonds. The van der Waals surface area contributed by atoms with Gasteiger partial charge in [0.2, 0.25) is 0 Å². The number of benzene rings is 1. The zero-order valence-corrected chi connectivity index (χ0v) is 10.6. The highest BCUT2D eigenvalue weighted by Crippen LogP contribution is 2.20. The molecular weight excluding hydrogens is 214 g/mol. The van der Waals surface area contributed by atoms with Crippen LogP contribution in [-0.2, 0) is 4.74 Å². The first-order valence-electron chi connectivity index (χ1n) is 6.27. The van der Waals surface area contributed by atoms with Gasteiger partial charge >= 0.3 is 0 Å². The highest BCUT2D eigenvalue weighted by Gasteiger charge is 2.16. The first-order chi connectivity index (χ1) is 8.29. The summed E-state index contributed by atoms with van der Waals surface area (Å²) in [5.41, 5.74) is 1.26. The van der Waals surface area contributed by atoms with Crippen molar-refractivity contribution in [2.24, 2.45) is 0 Å². The quantitative estimate of drug-likeness (QED) is 0.870. The van der Waals surface area contributed by atoms with Crippen molar-refractivity contribution in [3.63, 3.8) is 0 Å². The van der Waals surface area contributed by atoms with Crippen LogP contribution in [0.1, 0.15) is 31.4 Å². The van der Waals surface area contributed by atoms with Crippen LogP contribution < -0.4 is 10.1 Å². The largest absolute Gasteiger partial charge is 0.497 e. The molecule has 1 aliphatic heterocycles. The Morgan fingerprint density at radius 3 is 3.06 bits per heavy atom. The molecule has 2 rings (SSSR count). The molecule has 3 nitrogen and oxygen atoms in total. The third kappa shape index (κ3) is 3.45. The Morgan fingerprint density at radius 1 is 1.47 bits per heavy atom. The molecule has 1 unspecified atom stereocenters. The van der Waals surface area contributed by atoms with Crippen LogP contribution in [0.2, 0.25) is 0 Å². The average molecular weight is 235 g/mol. The minimum Gasteiger partial charge on any atom is -0.497 e. The van der Waals surface area contributed by atoms with E-state index in [0.29, 0.717) is 12.1 Å². The van der Waals surface area contributed by atoms with E-state index in [0.717, 1.165) is 25.4 Å². The molecule has 1 aliphatic rings. The van der Waals surface area contributed by atoms with Gasteiger partial charge in [-0.05, 0) is 37.5 Å². The number of hydrogen-bond acceptors (Lipinski definition) is 3. The molecular formula is C14H21NO2. The molecule has 2 atom stereocenters. The van der Waals surface area contributed by atoms with Crippen LogP contribution >= 0.6 is 0 Å². The average Bonchev–Trinajstić information content (AvgIpc) is 2.40. The monoisotopic (exact) mass is 235 g/mol. The number of methoxy groups -OCH3 is 1. The topological polar surface area (TPSA) is 30.5 Å². The summed E-state index contributed by atoms with van der Waals surface area (Å²) in [6, 6.07) is 9.02. The van der Waals surface area contributed by atoms with Crippen LogP contribution in [0.15, 0.2) is 24.3 Å². The van der Waals surface area contributed by atoms with E-state index in [1.807, 2.05) is 12.1 Å². The highest BCUT2D eigenvalue weighted by molar-refractivity contribution is 5.30. The van der Waals surface area contributed by atoms with Crippen molar-refractivity contribution in [1.82, 2.24) is 5.32 Å². The second-order valence-corrected chi connectivity index (χ2v) is 4.58. The van der Waals surface area contributed by atoms with Gasteiger partial charge in [0.05, 0.1) is 13.7 Å². The van der Waals surface area contributed by atoms with Crippen LogP contribution in [0, 0.1) is 0 Å². The van der Waals surface area contributed by atoms with Crippen molar-refractivity contribution in [3.8, 4) is 5.75 Å². The lowest BCUT2D eigenvalue weighted by atomic mass is 10.0. The standard InChI is InChI=1S/C14H21NO2/c1-11(15-13-6-4-8-17-10-13)12-5-3-7-14(9-12)16-2/h3,5,7,9,11,13,15H,4,6,8,10H2,1-2H3/t11-,13?/m1/s1. The predicted molar refractivity (Wildman–Crippen MR) is 68.4 cm³/mol. The molecule has 17 heavy (non-hydrogen) atoms. The molecule has 0 saturated carbocycles. The summed E-state index contributed by atoms with van der Waals surface area (Å²) in [4.78, 5) is 0. The maximum Gasteiger partial charge on any atom is 0.119 e. The second kappa shape index (κ2) is 6.03. The Morgan fingerprint density at radius 2 is 2.35 bits per heavy atom. The summed E-state index contributed by atoms with van der Waals surface area (Å²) in [5.74, 6) is 0.913. The number of nitrogens with one attached hydrogen (secondary N) is 1. The second-order valence-electron chi connectivity index (χ2n) is 4.58. The fraction of sp³-hybridized carbons (Fsp3) is 0.571. The zero-order valence-electron chi connectivity index (χ0n) is 10.6. The van der Waals surface area contributed by atoms with E-state index in [1.165, 1.54) is 12.0 Å². The third-order valence-electron chi connectivity index (χ3n) is 3.24. The lowest BCUT2D eigenvalue weighted by Gasteiger charge is -2.27. The summed E-state index contributed by atoms with van der Waals surface area (Å²) >= 11 is 0. The zero-order chi connectivity index (χ0) is 12.1. The lowest BCUT2D eigenvalue weighted by molar-refractivity contribution is 0.0671. The minimum atomic E-state index is 0.330. The Labute approximate surface area is 103 Å². The van der Waals surface area contributed by atoms with E-state index in [4.69, 9.17) is 9.47 Å². The van der Waals surface area contributed by atoms with Crippen LogP contribution in [0.4, 0.5) is 0 Å². The van der Waals surface area contributed by atoms with Crippen LogP contribution in [0.5, 0.6) is 5.75 Å². The van der Waals surface area contributed by atoms with E-state index in [-0.39, 0.29) is 0 Å². The Bertz CT molecular complexity index is 348. The van der Waals surface area contributed by atoms with E-state index in [9.17, 15) is 0 Å².